The Kier molecular flexibility index (Phi) is 4.09. The zero-order chi connectivity index (χ0) is 15.4. The molecule has 6 heteroatoms. The smallest absolute Gasteiger partial charge is 0.189 e. The number of aromatic nitrogens is 4. The van der Waals surface area contributed by atoms with Gasteiger partial charge < -0.3 is 4.74 Å². The van der Waals surface area contributed by atoms with Crippen molar-refractivity contribution in [2.75, 3.05) is 0 Å². The number of carbonyl (C=O) groups is 1. The fraction of sp³-hybridized carbons (Fsp3) is 0.250. The molecule has 0 unspecified atom stereocenters. The van der Waals surface area contributed by atoms with Crippen molar-refractivity contribution >= 4 is 17.1 Å². The van der Waals surface area contributed by atoms with Crippen molar-refractivity contribution in [1.29, 1.82) is 0 Å². The quantitative estimate of drug-likeness (QED) is 0.654. The number of hydrogen-bond donors (Lipinski definition) is 0. The van der Waals surface area contributed by atoms with Gasteiger partial charge in [0.15, 0.2) is 12.1 Å². The second-order valence-corrected chi connectivity index (χ2v) is 4.92. The van der Waals surface area contributed by atoms with Crippen LogP contribution in [0, 0.1) is 0 Å². The Labute approximate surface area is 127 Å². The first-order valence-electron chi connectivity index (χ1n) is 7.18. The Bertz CT molecular complexity index is 798. The molecular weight excluding hydrogens is 280 g/mol. The van der Waals surface area contributed by atoms with Gasteiger partial charge in [-0.05, 0) is 33.7 Å². The third-order valence-corrected chi connectivity index (χ3v) is 3.45. The minimum atomic E-state index is 0.228. The van der Waals surface area contributed by atoms with E-state index in [1.165, 1.54) is 0 Å². The van der Waals surface area contributed by atoms with E-state index in [0.717, 1.165) is 30.0 Å². The molecule has 0 aliphatic rings. The van der Waals surface area contributed by atoms with Crippen LogP contribution in [0.2, 0.25) is 0 Å². The van der Waals surface area contributed by atoms with Crippen molar-refractivity contribution in [2.24, 2.45) is 0 Å². The molecule has 0 fully saturated rings. The molecule has 0 amide bonds. The van der Waals surface area contributed by atoms with Gasteiger partial charge >= 0.3 is 0 Å². The highest BCUT2D eigenvalue weighted by Gasteiger charge is 2.11. The third kappa shape index (κ3) is 2.67. The molecule has 0 spiro atoms. The van der Waals surface area contributed by atoms with Crippen molar-refractivity contribution < 1.29 is 9.53 Å². The van der Waals surface area contributed by atoms with E-state index >= 15 is 0 Å². The number of aldehydes is 1. The molecule has 0 aliphatic carbocycles. The first-order chi connectivity index (χ1) is 10.8. The van der Waals surface area contributed by atoms with E-state index in [-0.39, 0.29) is 6.61 Å². The molecule has 22 heavy (non-hydrogen) atoms. The highest BCUT2D eigenvalue weighted by molar-refractivity contribution is 6.00. The van der Waals surface area contributed by atoms with Crippen LogP contribution in [0.3, 0.4) is 0 Å². The molecule has 2 aromatic carbocycles. The number of hydrogen-bond acceptors (Lipinski definition) is 5. The number of fused-ring (bicyclic) bond motifs is 1. The van der Waals surface area contributed by atoms with E-state index < -0.39 is 0 Å². The summed E-state index contributed by atoms with van der Waals surface area (Å²) in [5.41, 5.74) is 0.549. The number of benzene rings is 2. The third-order valence-electron chi connectivity index (χ3n) is 3.45. The van der Waals surface area contributed by atoms with Gasteiger partial charge in [-0.1, -0.05) is 37.3 Å². The van der Waals surface area contributed by atoms with Crippen LogP contribution in [0.4, 0.5) is 0 Å². The molecule has 0 atom stereocenters. The first kappa shape index (κ1) is 14.2. The maximum Gasteiger partial charge on any atom is 0.189 e. The van der Waals surface area contributed by atoms with Crippen LogP contribution in [-0.2, 0) is 13.2 Å². The first-order valence-corrected chi connectivity index (χ1v) is 7.18. The maximum absolute atomic E-state index is 11.4. The van der Waals surface area contributed by atoms with Crippen LogP contribution < -0.4 is 4.74 Å². The molecule has 0 saturated heterocycles. The summed E-state index contributed by atoms with van der Waals surface area (Å²) in [6.07, 6.45) is 1.76. The molecule has 112 valence electrons. The number of tetrazole rings is 1. The van der Waals surface area contributed by atoms with E-state index in [2.05, 4.69) is 22.4 Å². The number of aryl methyl sites for hydroxylation is 1. The molecule has 0 bridgehead atoms. The average Bonchev–Trinajstić information content (AvgIpc) is 3.00. The van der Waals surface area contributed by atoms with Gasteiger partial charge in [-0.2, -0.15) is 0 Å². The largest absolute Gasteiger partial charge is 0.485 e. The van der Waals surface area contributed by atoms with E-state index in [1.54, 1.807) is 10.7 Å². The highest BCUT2D eigenvalue weighted by Crippen LogP contribution is 2.27. The summed E-state index contributed by atoms with van der Waals surface area (Å²) in [5.74, 6) is 1.19. The lowest BCUT2D eigenvalue weighted by atomic mass is 10.0. The van der Waals surface area contributed by atoms with Crippen LogP contribution in [0.25, 0.3) is 10.8 Å². The molecule has 0 saturated carbocycles. The number of carbonyl (C=O) groups excluding carboxylic acids is 1. The van der Waals surface area contributed by atoms with Gasteiger partial charge in [0, 0.05) is 6.54 Å². The van der Waals surface area contributed by atoms with Crippen LogP contribution >= 0.6 is 0 Å². The Hall–Kier alpha value is -2.76. The highest BCUT2D eigenvalue weighted by atomic mass is 16.5. The van der Waals surface area contributed by atoms with E-state index in [9.17, 15) is 4.79 Å². The Morgan fingerprint density at radius 3 is 2.91 bits per heavy atom. The van der Waals surface area contributed by atoms with Crippen molar-refractivity contribution in [3.63, 3.8) is 0 Å². The molecule has 0 aliphatic heterocycles. The zero-order valence-corrected chi connectivity index (χ0v) is 12.3. The lowest BCUT2D eigenvalue weighted by Crippen LogP contribution is -2.09. The summed E-state index contributed by atoms with van der Waals surface area (Å²) in [5, 5.41) is 13.4. The summed E-state index contributed by atoms with van der Waals surface area (Å²) >= 11 is 0. The van der Waals surface area contributed by atoms with Crippen LogP contribution in [-0.4, -0.2) is 26.5 Å². The minimum absolute atomic E-state index is 0.228. The van der Waals surface area contributed by atoms with Gasteiger partial charge in [0.2, 0.25) is 0 Å². The summed E-state index contributed by atoms with van der Waals surface area (Å²) < 4.78 is 7.48. The zero-order valence-electron chi connectivity index (χ0n) is 12.3. The molecule has 3 rings (SSSR count). The molecule has 6 nitrogen and oxygen atoms in total. The number of ether oxygens (including phenoxy) is 1. The average molecular weight is 296 g/mol. The molecule has 1 aromatic heterocycles. The van der Waals surface area contributed by atoms with Gasteiger partial charge in [0.05, 0.1) is 5.56 Å². The van der Waals surface area contributed by atoms with Gasteiger partial charge in [-0.25, -0.2) is 4.68 Å². The Morgan fingerprint density at radius 2 is 2.09 bits per heavy atom. The lowest BCUT2D eigenvalue weighted by Gasteiger charge is -2.10. The van der Waals surface area contributed by atoms with Gasteiger partial charge in [0.25, 0.3) is 0 Å². The predicted molar refractivity (Wildman–Crippen MR) is 81.8 cm³/mol. The Morgan fingerprint density at radius 1 is 1.23 bits per heavy atom. The van der Waals surface area contributed by atoms with Crippen LogP contribution in [0.5, 0.6) is 5.75 Å². The molecule has 1 heterocycles. The van der Waals surface area contributed by atoms with E-state index in [0.29, 0.717) is 17.1 Å². The number of rotatable bonds is 6. The molecule has 3 aromatic rings. The standard InChI is InChI=1S/C16H16N4O2/c1-2-9-20-16(17-18-19-20)11-22-15-8-7-12-5-3-4-6-13(12)14(15)10-21/h3-8,10H,2,9,11H2,1H3. The van der Waals surface area contributed by atoms with Crippen molar-refractivity contribution in [3.05, 3.63) is 47.8 Å². The molecule has 0 N–H and O–H groups in total. The van der Waals surface area contributed by atoms with E-state index in [4.69, 9.17) is 4.74 Å². The summed E-state index contributed by atoms with van der Waals surface area (Å²) in [6, 6.07) is 11.5. The SMILES string of the molecule is CCCn1nnnc1COc1ccc2ccccc2c1C=O. The van der Waals surface area contributed by atoms with E-state index in [1.807, 2.05) is 30.3 Å². The van der Waals surface area contributed by atoms with Gasteiger partial charge in [-0.3, -0.25) is 4.79 Å². The number of nitrogens with zero attached hydrogens (tertiary/aromatic N) is 4. The van der Waals surface area contributed by atoms with Crippen LogP contribution in [0.15, 0.2) is 36.4 Å². The summed E-state index contributed by atoms with van der Waals surface area (Å²) in [4.78, 5) is 11.4. The van der Waals surface area contributed by atoms with Crippen LogP contribution in [0.1, 0.15) is 29.5 Å². The predicted octanol–water partition coefficient (Wildman–Crippen LogP) is 2.63. The molecular formula is C16H16N4O2. The van der Waals surface area contributed by atoms with Crippen molar-refractivity contribution in [2.45, 2.75) is 26.5 Å². The van der Waals surface area contributed by atoms with Gasteiger partial charge in [0.1, 0.15) is 12.4 Å². The Balaban J connectivity index is 1.87. The summed E-state index contributed by atoms with van der Waals surface area (Å²) in [6.45, 7) is 3.02. The normalized spacial score (nSPS) is 10.8. The minimum Gasteiger partial charge on any atom is -0.485 e. The lowest BCUT2D eigenvalue weighted by molar-refractivity contribution is 0.112. The monoisotopic (exact) mass is 296 g/mol. The fourth-order valence-electron chi connectivity index (χ4n) is 2.38. The second kappa shape index (κ2) is 6.34. The van der Waals surface area contributed by atoms with Crippen molar-refractivity contribution in [1.82, 2.24) is 20.2 Å². The topological polar surface area (TPSA) is 69.9 Å². The maximum atomic E-state index is 11.4. The molecule has 0 radical (unpaired) electrons. The van der Waals surface area contributed by atoms with Crippen molar-refractivity contribution in [3.8, 4) is 5.75 Å². The van der Waals surface area contributed by atoms with Gasteiger partial charge in [-0.15, -0.1) is 5.10 Å². The second-order valence-electron chi connectivity index (χ2n) is 4.92. The summed E-state index contributed by atoms with van der Waals surface area (Å²) in [7, 11) is 0. The fourth-order valence-corrected chi connectivity index (χ4v) is 2.38.